The fourth-order valence-corrected chi connectivity index (χ4v) is 2.84. The van der Waals surface area contributed by atoms with Crippen LogP contribution in [0.3, 0.4) is 0 Å². The van der Waals surface area contributed by atoms with E-state index in [1.165, 1.54) is 0 Å². The molecule has 1 rings (SSSR count). The number of ether oxygens (including phenoxy) is 3. The van der Waals surface area contributed by atoms with Crippen molar-refractivity contribution in [2.24, 2.45) is 0 Å². The Morgan fingerprint density at radius 2 is 1.68 bits per heavy atom. The molecular formula is C14H28O5. The first-order chi connectivity index (χ1) is 9.29. The van der Waals surface area contributed by atoms with E-state index in [2.05, 4.69) is 6.92 Å². The van der Waals surface area contributed by atoms with Gasteiger partial charge < -0.3 is 24.4 Å². The average molecular weight is 276 g/mol. The highest BCUT2D eigenvalue weighted by Gasteiger charge is 2.42. The lowest BCUT2D eigenvalue weighted by Gasteiger charge is -2.37. The topological polar surface area (TPSA) is 68.2 Å². The minimum absolute atomic E-state index is 0.0417. The quantitative estimate of drug-likeness (QED) is 0.553. The van der Waals surface area contributed by atoms with Gasteiger partial charge in [-0.1, -0.05) is 19.8 Å². The Labute approximate surface area is 115 Å². The standard InChI is InChI=1S/C14H28O5/c1-2-13(18-10-8-16)14(5-3-4-6-14)19-12-11-17-9-7-15/h13,15-16H,2-12H2,1H3. The molecule has 1 atom stereocenters. The molecule has 1 saturated carbocycles. The Kier molecular flexibility index (Phi) is 8.57. The van der Waals surface area contributed by atoms with Crippen LogP contribution < -0.4 is 0 Å². The molecule has 19 heavy (non-hydrogen) atoms. The van der Waals surface area contributed by atoms with Crippen LogP contribution in [0.25, 0.3) is 0 Å². The van der Waals surface area contributed by atoms with E-state index in [1.807, 2.05) is 0 Å². The first-order valence-corrected chi connectivity index (χ1v) is 7.34. The summed E-state index contributed by atoms with van der Waals surface area (Å²) in [4.78, 5) is 0. The molecule has 0 aromatic carbocycles. The first-order valence-electron chi connectivity index (χ1n) is 7.34. The van der Waals surface area contributed by atoms with E-state index in [-0.39, 0.29) is 24.9 Å². The van der Waals surface area contributed by atoms with Crippen molar-refractivity contribution in [2.45, 2.75) is 50.7 Å². The fraction of sp³-hybridized carbons (Fsp3) is 1.00. The third kappa shape index (κ3) is 5.36. The van der Waals surface area contributed by atoms with E-state index < -0.39 is 0 Å². The van der Waals surface area contributed by atoms with Gasteiger partial charge in [-0.15, -0.1) is 0 Å². The number of aliphatic hydroxyl groups excluding tert-OH is 2. The molecule has 0 aromatic rings. The van der Waals surface area contributed by atoms with Gasteiger partial charge in [-0.3, -0.25) is 0 Å². The van der Waals surface area contributed by atoms with Crippen molar-refractivity contribution in [1.82, 2.24) is 0 Å². The maximum atomic E-state index is 8.90. The summed E-state index contributed by atoms with van der Waals surface area (Å²) in [6, 6.07) is 0. The molecule has 0 bridgehead atoms. The van der Waals surface area contributed by atoms with Crippen LogP contribution in [0, 0.1) is 0 Å². The zero-order valence-corrected chi connectivity index (χ0v) is 12.0. The average Bonchev–Trinajstić information content (AvgIpc) is 2.89. The van der Waals surface area contributed by atoms with E-state index in [0.29, 0.717) is 26.4 Å². The largest absolute Gasteiger partial charge is 0.394 e. The molecule has 1 aliphatic rings. The van der Waals surface area contributed by atoms with Gasteiger partial charge in [0.05, 0.1) is 51.3 Å². The first kappa shape index (κ1) is 16.9. The Morgan fingerprint density at radius 3 is 2.26 bits per heavy atom. The van der Waals surface area contributed by atoms with Crippen LogP contribution in [-0.4, -0.2) is 61.6 Å². The van der Waals surface area contributed by atoms with Gasteiger partial charge in [0.2, 0.25) is 0 Å². The molecule has 0 aliphatic heterocycles. The summed E-state index contributed by atoms with van der Waals surface area (Å²) < 4.78 is 17.1. The highest BCUT2D eigenvalue weighted by atomic mass is 16.6. The van der Waals surface area contributed by atoms with Gasteiger partial charge in [-0.2, -0.15) is 0 Å². The maximum absolute atomic E-state index is 8.90. The molecule has 0 radical (unpaired) electrons. The van der Waals surface area contributed by atoms with Crippen molar-refractivity contribution in [2.75, 3.05) is 39.6 Å². The van der Waals surface area contributed by atoms with Crippen molar-refractivity contribution < 1.29 is 24.4 Å². The van der Waals surface area contributed by atoms with Crippen molar-refractivity contribution in [3.05, 3.63) is 0 Å². The smallest absolute Gasteiger partial charge is 0.0943 e. The molecule has 0 aromatic heterocycles. The number of hydrogen-bond donors (Lipinski definition) is 2. The van der Waals surface area contributed by atoms with E-state index in [0.717, 1.165) is 32.1 Å². The zero-order chi connectivity index (χ0) is 14.0. The van der Waals surface area contributed by atoms with E-state index in [4.69, 9.17) is 24.4 Å². The Hall–Kier alpha value is -0.200. The number of aliphatic hydroxyl groups is 2. The van der Waals surface area contributed by atoms with Crippen LogP contribution in [0.2, 0.25) is 0 Å². The van der Waals surface area contributed by atoms with Gasteiger partial charge >= 0.3 is 0 Å². The van der Waals surface area contributed by atoms with Crippen LogP contribution in [0.1, 0.15) is 39.0 Å². The summed E-state index contributed by atoms with van der Waals surface area (Å²) in [6.45, 7) is 3.93. The molecule has 1 unspecified atom stereocenters. The monoisotopic (exact) mass is 276 g/mol. The number of hydrogen-bond acceptors (Lipinski definition) is 5. The molecule has 0 heterocycles. The highest BCUT2D eigenvalue weighted by Crippen LogP contribution is 2.38. The summed E-state index contributed by atoms with van der Waals surface area (Å²) >= 11 is 0. The van der Waals surface area contributed by atoms with Gasteiger partial charge in [-0.25, -0.2) is 0 Å². The minimum Gasteiger partial charge on any atom is -0.394 e. The van der Waals surface area contributed by atoms with Gasteiger partial charge in [0.25, 0.3) is 0 Å². The summed E-state index contributed by atoms with van der Waals surface area (Å²) in [7, 11) is 0. The van der Waals surface area contributed by atoms with Gasteiger partial charge in [-0.05, 0) is 19.3 Å². The van der Waals surface area contributed by atoms with Crippen LogP contribution in [-0.2, 0) is 14.2 Å². The predicted molar refractivity (Wildman–Crippen MR) is 72.2 cm³/mol. The predicted octanol–water partition coefficient (Wildman–Crippen LogP) is 1.11. The molecule has 0 saturated heterocycles. The van der Waals surface area contributed by atoms with Crippen molar-refractivity contribution in [3.8, 4) is 0 Å². The van der Waals surface area contributed by atoms with E-state index in [1.54, 1.807) is 0 Å². The van der Waals surface area contributed by atoms with Crippen molar-refractivity contribution in [3.63, 3.8) is 0 Å². The third-order valence-electron chi connectivity index (χ3n) is 3.67. The second kappa shape index (κ2) is 9.66. The van der Waals surface area contributed by atoms with E-state index >= 15 is 0 Å². The Balaban J connectivity index is 2.42. The second-order valence-electron chi connectivity index (χ2n) is 4.95. The summed E-state index contributed by atoms with van der Waals surface area (Å²) in [5.41, 5.74) is -0.216. The Morgan fingerprint density at radius 1 is 1.00 bits per heavy atom. The summed E-state index contributed by atoms with van der Waals surface area (Å²) in [5, 5.41) is 17.5. The Bertz CT molecular complexity index is 216. The van der Waals surface area contributed by atoms with Crippen LogP contribution in [0.4, 0.5) is 0 Å². The molecule has 1 fully saturated rings. The summed E-state index contributed by atoms with van der Waals surface area (Å²) in [5.74, 6) is 0. The molecule has 0 spiro atoms. The molecule has 114 valence electrons. The van der Waals surface area contributed by atoms with E-state index in [9.17, 15) is 0 Å². The molecule has 1 aliphatic carbocycles. The van der Waals surface area contributed by atoms with Crippen LogP contribution >= 0.6 is 0 Å². The molecule has 5 nitrogen and oxygen atoms in total. The van der Waals surface area contributed by atoms with Gasteiger partial charge in [0, 0.05) is 0 Å². The van der Waals surface area contributed by atoms with Crippen molar-refractivity contribution >= 4 is 0 Å². The zero-order valence-electron chi connectivity index (χ0n) is 12.0. The van der Waals surface area contributed by atoms with Crippen molar-refractivity contribution in [1.29, 1.82) is 0 Å². The van der Waals surface area contributed by atoms with Gasteiger partial charge in [0.15, 0.2) is 0 Å². The lowest BCUT2D eigenvalue weighted by Crippen LogP contribution is -2.45. The normalized spacial score (nSPS) is 19.7. The summed E-state index contributed by atoms with van der Waals surface area (Å²) in [6.07, 6.45) is 5.28. The van der Waals surface area contributed by atoms with Crippen LogP contribution in [0.5, 0.6) is 0 Å². The van der Waals surface area contributed by atoms with Crippen LogP contribution in [0.15, 0.2) is 0 Å². The molecule has 5 heteroatoms. The third-order valence-corrected chi connectivity index (χ3v) is 3.67. The SMILES string of the molecule is CCC(OCCO)C1(OCCOCCO)CCCC1. The molecule has 0 amide bonds. The molecular weight excluding hydrogens is 248 g/mol. The highest BCUT2D eigenvalue weighted by molar-refractivity contribution is 4.93. The number of rotatable bonds is 11. The molecule has 2 N–H and O–H groups in total. The second-order valence-corrected chi connectivity index (χ2v) is 4.95. The fourth-order valence-electron chi connectivity index (χ4n) is 2.84. The lowest BCUT2D eigenvalue weighted by atomic mass is 9.92. The minimum atomic E-state index is -0.216. The lowest BCUT2D eigenvalue weighted by molar-refractivity contribution is -0.155. The maximum Gasteiger partial charge on any atom is 0.0943 e. The van der Waals surface area contributed by atoms with Gasteiger partial charge in [0.1, 0.15) is 0 Å².